The number of benzene rings is 2. The fourth-order valence-electron chi connectivity index (χ4n) is 1.94. The summed E-state index contributed by atoms with van der Waals surface area (Å²) in [5, 5.41) is 12.3. The molecular weight excluding hydrogens is 449 g/mol. The van der Waals surface area contributed by atoms with Gasteiger partial charge in [-0.3, -0.25) is 0 Å². The Kier molecular flexibility index (Phi) is 6.70. The van der Waals surface area contributed by atoms with Crippen molar-refractivity contribution in [2.24, 2.45) is 0 Å². The Morgan fingerprint density at radius 2 is 1.77 bits per heavy atom. The Bertz CT molecular complexity index is 765. The van der Waals surface area contributed by atoms with Crippen molar-refractivity contribution >= 4 is 33.2 Å². The van der Waals surface area contributed by atoms with Crippen LogP contribution in [0.3, 0.4) is 0 Å². The van der Waals surface area contributed by atoms with Gasteiger partial charge in [-0.25, -0.2) is 8.78 Å². The molecule has 0 aliphatic heterocycles. The van der Waals surface area contributed by atoms with Gasteiger partial charge in [0.05, 0.1) is 23.2 Å². The normalized spacial score (nSPS) is 12.8. The van der Waals surface area contributed by atoms with Crippen LogP contribution in [0.15, 0.2) is 34.8 Å². The smallest absolute Gasteiger partial charge is 0.416 e. The molecule has 2 aromatic rings. The molecule has 142 valence electrons. The molecule has 2 N–H and O–H groups in total. The topological polar surface area (TPSA) is 41.5 Å². The van der Waals surface area contributed by atoms with Crippen molar-refractivity contribution < 1.29 is 31.8 Å². The zero-order chi connectivity index (χ0) is 19.5. The zero-order valence-electron chi connectivity index (χ0n) is 12.9. The number of nitrogens with one attached hydrogen (secondary N) is 1. The average Bonchev–Trinajstić information content (AvgIpc) is 2.55. The number of ether oxygens (including phenoxy) is 1. The molecule has 0 saturated carbocycles. The lowest BCUT2D eigenvalue weighted by molar-refractivity contribution is -0.138. The molecule has 0 saturated heterocycles. The minimum absolute atomic E-state index is 0.0273. The molecule has 1 unspecified atom stereocenters. The maximum atomic E-state index is 14.0. The van der Waals surface area contributed by atoms with E-state index in [9.17, 15) is 27.1 Å². The van der Waals surface area contributed by atoms with Gasteiger partial charge in [0.2, 0.25) is 0 Å². The summed E-state index contributed by atoms with van der Waals surface area (Å²) < 4.78 is 71.4. The van der Waals surface area contributed by atoms with E-state index in [0.29, 0.717) is 4.47 Å². The molecule has 0 aromatic heterocycles. The predicted octanol–water partition coefficient (Wildman–Crippen LogP) is 5.55. The predicted molar refractivity (Wildman–Crippen MR) is 90.8 cm³/mol. The molecule has 0 aliphatic rings. The third-order valence-electron chi connectivity index (χ3n) is 3.19. The van der Waals surface area contributed by atoms with Crippen LogP contribution in [0.5, 0.6) is 11.5 Å². The van der Waals surface area contributed by atoms with Crippen LogP contribution in [0, 0.1) is 11.6 Å². The molecule has 0 fully saturated rings. The lowest BCUT2D eigenvalue weighted by atomic mass is 10.2. The van der Waals surface area contributed by atoms with Crippen LogP contribution in [0.2, 0.25) is 0 Å². The maximum Gasteiger partial charge on any atom is 0.416 e. The van der Waals surface area contributed by atoms with Crippen molar-refractivity contribution in [1.29, 1.82) is 0 Å². The van der Waals surface area contributed by atoms with Gasteiger partial charge in [0, 0.05) is 11.0 Å². The first-order valence-corrected chi connectivity index (χ1v) is 8.46. The monoisotopic (exact) mass is 459 g/mol. The number of anilines is 1. The van der Waals surface area contributed by atoms with E-state index in [1.54, 1.807) is 6.07 Å². The first-order chi connectivity index (χ1) is 12.1. The van der Waals surface area contributed by atoms with Crippen molar-refractivity contribution in [2.45, 2.75) is 12.3 Å². The SMILES string of the molecule is OC(CCl)CNc1ccc(Br)cc1Oc1c(F)cc(C(F)(F)F)cc1F. The number of rotatable bonds is 6. The van der Waals surface area contributed by atoms with Gasteiger partial charge in [-0.05, 0) is 30.3 Å². The van der Waals surface area contributed by atoms with Crippen LogP contribution in [0.25, 0.3) is 0 Å². The lowest BCUT2D eigenvalue weighted by Crippen LogP contribution is -2.21. The van der Waals surface area contributed by atoms with Gasteiger partial charge >= 0.3 is 6.18 Å². The second-order valence-electron chi connectivity index (χ2n) is 5.20. The van der Waals surface area contributed by atoms with E-state index in [4.69, 9.17) is 16.3 Å². The summed E-state index contributed by atoms with van der Waals surface area (Å²) in [5.74, 6) is -4.06. The number of alkyl halides is 4. The molecule has 26 heavy (non-hydrogen) atoms. The van der Waals surface area contributed by atoms with E-state index in [2.05, 4.69) is 21.2 Å². The van der Waals surface area contributed by atoms with Crippen LogP contribution in [0.4, 0.5) is 27.6 Å². The minimum atomic E-state index is -4.89. The van der Waals surface area contributed by atoms with E-state index in [1.807, 2.05) is 0 Å². The van der Waals surface area contributed by atoms with Crippen molar-refractivity contribution in [3.63, 3.8) is 0 Å². The summed E-state index contributed by atoms with van der Waals surface area (Å²) in [7, 11) is 0. The Labute approximate surface area is 158 Å². The van der Waals surface area contributed by atoms with Crippen LogP contribution in [-0.2, 0) is 6.18 Å². The van der Waals surface area contributed by atoms with E-state index in [0.717, 1.165) is 0 Å². The number of hydrogen-bond acceptors (Lipinski definition) is 3. The molecule has 10 heteroatoms. The fraction of sp³-hybridized carbons (Fsp3) is 0.250. The second-order valence-corrected chi connectivity index (χ2v) is 6.42. The molecule has 2 aromatic carbocycles. The third-order valence-corrected chi connectivity index (χ3v) is 4.04. The Balaban J connectivity index is 2.34. The summed E-state index contributed by atoms with van der Waals surface area (Å²) >= 11 is 8.65. The first kappa shape index (κ1) is 20.7. The summed E-state index contributed by atoms with van der Waals surface area (Å²) in [6.45, 7) is 0.0273. The van der Waals surface area contributed by atoms with Crippen molar-refractivity contribution in [3.05, 3.63) is 52.0 Å². The van der Waals surface area contributed by atoms with Crippen LogP contribution in [0.1, 0.15) is 5.56 Å². The number of halogens is 7. The van der Waals surface area contributed by atoms with Gasteiger partial charge in [0.25, 0.3) is 0 Å². The molecule has 2 rings (SSSR count). The summed E-state index contributed by atoms with van der Waals surface area (Å²) in [5.41, 5.74) is -1.20. The largest absolute Gasteiger partial charge is 0.449 e. The van der Waals surface area contributed by atoms with Crippen LogP contribution >= 0.6 is 27.5 Å². The molecule has 0 bridgehead atoms. The maximum absolute atomic E-state index is 14.0. The van der Waals surface area contributed by atoms with Gasteiger partial charge in [0.15, 0.2) is 23.1 Å². The van der Waals surface area contributed by atoms with Gasteiger partial charge in [-0.1, -0.05) is 15.9 Å². The molecule has 0 spiro atoms. The average molecular weight is 461 g/mol. The Morgan fingerprint density at radius 1 is 1.15 bits per heavy atom. The molecule has 3 nitrogen and oxygen atoms in total. The Morgan fingerprint density at radius 3 is 2.31 bits per heavy atom. The van der Waals surface area contributed by atoms with E-state index >= 15 is 0 Å². The van der Waals surface area contributed by atoms with Gasteiger partial charge in [-0.2, -0.15) is 13.2 Å². The first-order valence-electron chi connectivity index (χ1n) is 7.13. The molecule has 0 radical (unpaired) electrons. The molecule has 0 amide bonds. The van der Waals surface area contributed by atoms with Gasteiger partial charge in [-0.15, -0.1) is 11.6 Å². The lowest BCUT2D eigenvalue weighted by Gasteiger charge is -2.16. The van der Waals surface area contributed by atoms with E-state index in [1.165, 1.54) is 12.1 Å². The number of aliphatic hydroxyl groups excluding tert-OH is 1. The van der Waals surface area contributed by atoms with Crippen molar-refractivity contribution in [3.8, 4) is 11.5 Å². The van der Waals surface area contributed by atoms with Crippen LogP contribution < -0.4 is 10.1 Å². The fourth-order valence-corrected chi connectivity index (χ4v) is 2.39. The minimum Gasteiger partial charge on any atom is -0.449 e. The van der Waals surface area contributed by atoms with Gasteiger partial charge < -0.3 is 15.2 Å². The third kappa shape index (κ3) is 5.21. The van der Waals surface area contributed by atoms with Crippen LogP contribution in [-0.4, -0.2) is 23.6 Å². The highest BCUT2D eigenvalue weighted by Gasteiger charge is 2.33. The van der Waals surface area contributed by atoms with Crippen molar-refractivity contribution in [2.75, 3.05) is 17.7 Å². The summed E-state index contributed by atoms with van der Waals surface area (Å²) in [6, 6.07) is 4.77. The number of aliphatic hydroxyl groups is 1. The second kappa shape index (κ2) is 8.41. The highest BCUT2D eigenvalue weighted by molar-refractivity contribution is 9.10. The quantitative estimate of drug-likeness (QED) is 0.439. The zero-order valence-corrected chi connectivity index (χ0v) is 15.2. The van der Waals surface area contributed by atoms with Gasteiger partial charge in [0.1, 0.15) is 0 Å². The summed E-state index contributed by atoms with van der Waals surface area (Å²) in [4.78, 5) is 0. The molecular formula is C16H12BrClF5NO2. The molecule has 0 heterocycles. The summed E-state index contributed by atoms with van der Waals surface area (Å²) in [6.07, 6.45) is -5.77. The molecule has 0 aliphatic carbocycles. The highest BCUT2D eigenvalue weighted by atomic mass is 79.9. The highest BCUT2D eigenvalue weighted by Crippen LogP contribution is 2.38. The molecule has 1 atom stereocenters. The standard InChI is InChI=1S/C16H12BrClF5NO2/c17-9-1-2-13(24-7-10(25)6-18)14(5-9)26-15-11(19)3-8(4-12(15)20)16(21,22)23/h1-5,10,24-25H,6-7H2. The number of hydrogen-bond donors (Lipinski definition) is 2. The van der Waals surface area contributed by atoms with E-state index in [-0.39, 0.29) is 36.0 Å². The Hall–Kier alpha value is -1.58. The van der Waals surface area contributed by atoms with Crippen molar-refractivity contribution in [1.82, 2.24) is 0 Å². The van der Waals surface area contributed by atoms with E-state index < -0.39 is 35.2 Å².